The fourth-order valence-corrected chi connectivity index (χ4v) is 1.22. The third kappa shape index (κ3) is 4.37. The molecule has 0 saturated carbocycles. The van der Waals surface area contributed by atoms with E-state index >= 15 is 0 Å². The average Bonchev–Trinajstić information content (AvgIpc) is 2.24. The first kappa shape index (κ1) is 14.5. The Bertz CT molecular complexity index is 418. The van der Waals surface area contributed by atoms with Gasteiger partial charge in [-0.2, -0.15) is 13.2 Å². The number of benzene rings is 1. The van der Waals surface area contributed by atoms with Crippen LogP contribution in [-0.4, -0.2) is 18.0 Å². The minimum atomic E-state index is -4.39. The van der Waals surface area contributed by atoms with Gasteiger partial charge >= 0.3 is 6.18 Å². The Kier molecular flexibility index (Phi) is 4.01. The summed E-state index contributed by atoms with van der Waals surface area (Å²) in [6.07, 6.45) is -4.39. The predicted octanol–water partition coefficient (Wildman–Crippen LogP) is 2.17. The second-order valence-electron chi connectivity index (χ2n) is 4.75. The Labute approximate surface area is 103 Å². The summed E-state index contributed by atoms with van der Waals surface area (Å²) in [7, 11) is 0. The van der Waals surface area contributed by atoms with Crippen molar-refractivity contribution in [2.75, 3.05) is 6.54 Å². The zero-order valence-corrected chi connectivity index (χ0v) is 10.1. The lowest BCUT2D eigenvalue weighted by atomic mass is 10.1. The van der Waals surface area contributed by atoms with Crippen molar-refractivity contribution in [3.63, 3.8) is 0 Å². The first-order valence-electron chi connectivity index (χ1n) is 5.34. The third-order valence-corrected chi connectivity index (χ3v) is 2.18. The Morgan fingerprint density at radius 3 is 2.11 bits per heavy atom. The molecule has 3 N–H and O–H groups in total. The molecule has 1 aromatic carbocycles. The van der Waals surface area contributed by atoms with Crippen LogP contribution >= 0.6 is 0 Å². The minimum Gasteiger partial charge on any atom is -0.350 e. The van der Waals surface area contributed by atoms with Crippen LogP contribution < -0.4 is 11.1 Å². The summed E-state index contributed by atoms with van der Waals surface area (Å²) in [6.45, 7) is 3.72. The summed E-state index contributed by atoms with van der Waals surface area (Å²) in [4.78, 5) is 11.6. The number of rotatable bonds is 3. The maximum atomic E-state index is 12.3. The number of carbonyl (C=O) groups excluding carboxylic acids is 1. The number of nitrogens with two attached hydrogens (primary N) is 1. The van der Waals surface area contributed by atoms with Gasteiger partial charge in [-0.3, -0.25) is 4.79 Å². The Hall–Kier alpha value is -1.56. The van der Waals surface area contributed by atoms with Crippen LogP contribution in [0.2, 0.25) is 0 Å². The van der Waals surface area contributed by atoms with Crippen molar-refractivity contribution < 1.29 is 18.0 Å². The SMILES string of the molecule is CC(C)(N)CNC(=O)c1ccc(C(F)(F)F)cc1. The lowest BCUT2D eigenvalue weighted by Gasteiger charge is -2.18. The number of carbonyl (C=O) groups is 1. The summed E-state index contributed by atoms with van der Waals surface area (Å²) in [5.74, 6) is -0.442. The predicted molar refractivity (Wildman–Crippen MR) is 62.0 cm³/mol. The highest BCUT2D eigenvalue weighted by molar-refractivity contribution is 5.94. The van der Waals surface area contributed by atoms with Gasteiger partial charge in [-0.15, -0.1) is 0 Å². The molecular weight excluding hydrogens is 245 g/mol. The maximum absolute atomic E-state index is 12.3. The van der Waals surface area contributed by atoms with E-state index in [1.807, 2.05) is 0 Å². The number of halogens is 3. The quantitative estimate of drug-likeness (QED) is 0.875. The molecule has 0 aliphatic carbocycles. The van der Waals surface area contributed by atoms with E-state index in [9.17, 15) is 18.0 Å². The van der Waals surface area contributed by atoms with Crippen LogP contribution in [-0.2, 0) is 6.18 Å². The second kappa shape index (κ2) is 4.97. The molecule has 100 valence electrons. The Balaban J connectivity index is 2.71. The van der Waals surface area contributed by atoms with Crippen LogP contribution in [0, 0.1) is 0 Å². The molecule has 0 unspecified atom stereocenters. The molecule has 1 rings (SSSR count). The molecule has 3 nitrogen and oxygen atoms in total. The molecule has 1 aromatic rings. The third-order valence-electron chi connectivity index (χ3n) is 2.18. The van der Waals surface area contributed by atoms with Crippen LogP contribution in [0.15, 0.2) is 24.3 Å². The molecule has 0 fully saturated rings. The Morgan fingerprint density at radius 2 is 1.72 bits per heavy atom. The fourth-order valence-electron chi connectivity index (χ4n) is 1.22. The van der Waals surface area contributed by atoms with Crippen LogP contribution in [0.3, 0.4) is 0 Å². The highest BCUT2D eigenvalue weighted by Crippen LogP contribution is 2.28. The fraction of sp³-hybridized carbons (Fsp3) is 0.417. The van der Waals surface area contributed by atoms with Crippen LogP contribution in [0.25, 0.3) is 0 Å². The molecule has 0 saturated heterocycles. The van der Waals surface area contributed by atoms with Gasteiger partial charge in [0.05, 0.1) is 5.56 Å². The zero-order valence-electron chi connectivity index (χ0n) is 10.1. The highest BCUT2D eigenvalue weighted by atomic mass is 19.4. The molecule has 0 bridgehead atoms. The van der Waals surface area contributed by atoms with E-state index < -0.39 is 23.2 Å². The number of amides is 1. The van der Waals surface area contributed by atoms with E-state index in [1.165, 1.54) is 0 Å². The molecule has 0 radical (unpaired) electrons. The van der Waals surface area contributed by atoms with Gasteiger partial charge in [0.2, 0.25) is 0 Å². The van der Waals surface area contributed by atoms with Crippen LogP contribution in [0.1, 0.15) is 29.8 Å². The monoisotopic (exact) mass is 260 g/mol. The van der Waals surface area contributed by atoms with Gasteiger partial charge in [0.1, 0.15) is 0 Å². The van der Waals surface area contributed by atoms with Crippen molar-refractivity contribution in [3.8, 4) is 0 Å². The summed E-state index contributed by atoms with van der Waals surface area (Å²) in [5.41, 5.74) is 4.51. The van der Waals surface area contributed by atoms with Crippen molar-refractivity contribution in [2.45, 2.75) is 25.6 Å². The molecule has 0 atom stereocenters. The molecule has 0 aliphatic rings. The first-order chi connectivity index (χ1) is 8.09. The van der Waals surface area contributed by atoms with Gasteiger partial charge in [-0.25, -0.2) is 0 Å². The second-order valence-corrected chi connectivity index (χ2v) is 4.75. The van der Waals surface area contributed by atoms with Gasteiger partial charge < -0.3 is 11.1 Å². The molecule has 18 heavy (non-hydrogen) atoms. The van der Waals surface area contributed by atoms with E-state index in [-0.39, 0.29) is 12.1 Å². The highest BCUT2D eigenvalue weighted by Gasteiger charge is 2.30. The summed E-state index contributed by atoms with van der Waals surface area (Å²) in [6, 6.07) is 4.04. The molecule has 1 amide bonds. The van der Waals surface area contributed by atoms with Crippen molar-refractivity contribution in [1.29, 1.82) is 0 Å². The molecule has 0 aliphatic heterocycles. The largest absolute Gasteiger partial charge is 0.416 e. The molecule has 6 heteroatoms. The first-order valence-corrected chi connectivity index (χ1v) is 5.34. The van der Waals surface area contributed by atoms with E-state index in [0.717, 1.165) is 24.3 Å². The number of nitrogens with one attached hydrogen (secondary N) is 1. The van der Waals surface area contributed by atoms with Crippen LogP contribution in [0.4, 0.5) is 13.2 Å². The minimum absolute atomic E-state index is 0.173. The van der Waals surface area contributed by atoms with Gasteiger partial charge in [-0.05, 0) is 38.1 Å². The van der Waals surface area contributed by atoms with Crippen LogP contribution in [0.5, 0.6) is 0 Å². The number of hydrogen-bond donors (Lipinski definition) is 2. The van der Waals surface area contributed by atoms with Crippen molar-refractivity contribution in [1.82, 2.24) is 5.32 Å². The average molecular weight is 260 g/mol. The van der Waals surface area contributed by atoms with Gasteiger partial charge in [0, 0.05) is 17.6 Å². The normalized spacial score (nSPS) is 12.3. The molecular formula is C12H15F3N2O. The topological polar surface area (TPSA) is 55.1 Å². The van der Waals surface area contributed by atoms with Gasteiger partial charge in [0.15, 0.2) is 0 Å². The summed E-state index contributed by atoms with van der Waals surface area (Å²) >= 11 is 0. The summed E-state index contributed by atoms with van der Waals surface area (Å²) in [5, 5.41) is 2.55. The smallest absolute Gasteiger partial charge is 0.350 e. The van der Waals surface area contributed by atoms with E-state index in [0.29, 0.717) is 0 Å². The molecule has 0 heterocycles. The van der Waals surface area contributed by atoms with E-state index in [2.05, 4.69) is 5.32 Å². The standard InChI is InChI=1S/C12H15F3N2O/c1-11(2,16)7-17-10(18)8-3-5-9(6-4-8)12(13,14)15/h3-6H,7,16H2,1-2H3,(H,17,18). The van der Waals surface area contributed by atoms with E-state index in [1.54, 1.807) is 13.8 Å². The van der Waals surface area contributed by atoms with Crippen molar-refractivity contribution >= 4 is 5.91 Å². The van der Waals surface area contributed by atoms with Gasteiger partial charge in [-0.1, -0.05) is 0 Å². The lowest BCUT2D eigenvalue weighted by molar-refractivity contribution is -0.137. The Morgan fingerprint density at radius 1 is 1.22 bits per heavy atom. The lowest BCUT2D eigenvalue weighted by Crippen LogP contribution is -2.45. The molecule has 0 spiro atoms. The number of hydrogen-bond acceptors (Lipinski definition) is 2. The maximum Gasteiger partial charge on any atom is 0.416 e. The molecule has 0 aromatic heterocycles. The van der Waals surface area contributed by atoms with Crippen molar-refractivity contribution in [3.05, 3.63) is 35.4 Å². The van der Waals surface area contributed by atoms with Crippen molar-refractivity contribution in [2.24, 2.45) is 5.73 Å². The van der Waals surface area contributed by atoms with Gasteiger partial charge in [0.25, 0.3) is 5.91 Å². The number of alkyl halides is 3. The zero-order chi connectivity index (χ0) is 14.0. The van der Waals surface area contributed by atoms with E-state index in [4.69, 9.17) is 5.73 Å². The summed E-state index contributed by atoms with van der Waals surface area (Å²) < 4.78 is 36.9.